The first-order valence-electron chi connectivity index (χ1n) is 6.44. The maximum absolute atomic E-state index is 10.5. The highest BCUT2D eigenvalue weighted by Gasteiger charge is 2.15. The summed E-state index contributed by atoms with van der Waals surface area (Å²) in [5.41, 5.74) is 7.72. The van der Waals surface area contributed by atoms with Gasteiger partial charge in [0.1, 0.15) is 11.9 Å². The third-order valence-corrected chi connectivity index (χ3v) is 3.29. The average molecular weight is 289 g/mol. The fourth-order valence-corrected chi connectivity index (χ4v) is 2.14. The van der Waals surface area contributed by atoms with Crippen molar-refractivity contribution < 1.29 is 19.3 Å². The van der Waals surface area contributed by atoms with Gasteiger partial charge < -0.3 is 25.1 Å². The molecule has 5 heteroatoms. The summed E-state index contributed by atoms with van der Waals surface area (Å²) in [6.45, 7) is 0. The van der Waals surface area contributed by atoms with Crippen LogP contribution in [0.1, 0.15) is 17.2 Å². The van der Waals surface area contributed by atoms with E-state index in [2.05, 4.69) is 0 Å². The largest absolute Gasteiger partial charge is 0.495 e. The first-order valence-corrected chi connectivity index (χ1v) is 6.44. The van der Waals surface area contributed by atoms with Gasteiger partial charge in [0.05, 0.1) is 27.0 Å². The smallest absolute Gasteiger partial charge is 0.161 e. The number of nitrogen functional groups attached to an aromatic ring is 1. The van der Waals surface area contributed by atoms with Gasteiger partial charge in [0.25, 0.3) is 0 Å². The molecule has 1 atom stereocenters. The maximum atomic E-state index is 10.5. The summed E-state index contributed by atoms with van der Waals surface area (Å²) in [4.78, 5) is 0. The van der Waals surface area contributed by atoms with Crippen LogP contribution in [0.3, 0.4) is 0 Å². The molecular weight excluding hydrogens is 270 g/mol. The summed E-state index contributed by atoms with van der Waals surface area (Å²) >= 11 is 0. The standard InChI is InChI=1S/C16H19NO4/c1-19-13-6-4-10(8-12(13)17)16(18)11-5-7-14(20-2)15(9-11)21-3/h4-9,16,18H,17H2,1-3H3. The van der Waals surface area contributed by atoms with Gasteiger partial charge in [-0.15, -0.1) is 0 Å². The van der Waals surface area contributed by atoms with Crippen LogP contribution >= 0.6 is 0 Å². The van der Waals surface area contributed by atoms with Crippen LogP contribution in [-0.4, -0.2) is 26.4 Å². The Balaban J connectivity index is 2.35. The molecule has 0 radical (unpaired) electrons. The summed E-state index contributed by atoms with van der Waals surface area (Å²) in [7, 11) is 4.67. The highest BCUT2D eigenvalue weighted by Crippen LogP contribution is 2.33. The second-order valence-corrected chi connectivity index (χ2v) is 4.52. The third-order valence-electron chi connectivity index (χ3n) is 3.29. The molecule has 0 heterocycles. The Morgan fingerprint density at radius 1 is 0.810 bits per heavy atom. The van der Waals surface area contributed by atoms with E-state index in [-0.39, 0.29) is 0 Å². The molecule has 2 aromatic rings. The predicted molar refractivity (Wildman–Crippen MR) is 81.0 cm³/mol. The minimum absolute atomic E-state index is 0.481. The lowest BCUT2D eigenvalue weighted by Gasteiger charge is -2.15. The van der Waals surface area contributed by atoms with Crippen molar-refractivity contribution in [2.75, 3.05) is 27.1 Å². The van der Waals surface area contributed by atoms with Crippen LogP contribution in [0.2, 0.25) is 0 Å². The summed E-state index contributed by atoms with van der Waals surface area (Å²) in [5, 5.41) is 10.5. The zero-order chi connectivity index (χ0) is 15.4. The first-order chi connectivity index (χ1) is 10.1. The van der Waals surface area contributed by atoms with Gasteiger partial charge in [0, 0.05) is 0 Å². The second kappa shape index (κ2) is 6.37. The number of hydrogen-bond acceptors (Lipinski definition) is 5. The topological polar surface area (TPSA) is 73.9 Å². The van der Waals surface area contributed by atoms with Crippen LogP contribution in [0.5, 0.6) is 17.2 Å². The zero-order valence-corrected chi connectivity index (χ0v) is 12.3. The van der Waals surface area contributed by atoms with E-state index < -0.39 is 6.10 Å². The van der Waals surface area contributed by atoms with Gasteiger partial charge >= 0.3 is 0 Å². The molecule has 21 heavy (non-hydrogen) atoms. The summed E-state index contributed by atoms with van der Waals surface area (Å²) in [6, 6.07) is 10.5. The molecule has 2 aromatic carbocycles. The predicted octanol–water partition coefficient (Wildman–Crippen LogP) is 2.38. The van der Waals surface area contributed by atoms with E-state index >= 15 is 0 Å². The summed E-state index contributed by atoms with van der Waals surface area (Å²) in [5.74, 6) is 1.76. The van der Waals surface area contributed by atoms with Gasteiger partial charge in [-0.05, 0) is 35.4 Å². The molecule has 5 nitrogen and oxygen atoms in total. The Hall–Kier alpha value is -2.40. The van der Waals surface area contributed by atoms with E-state index in [9.17, 15) is 5.11 Å². The fraction of sp³-hybridized carbons (Fsp3) is 0.250. The molecule has 0 fully saturated rings. The van der Waals surface area contributed by atoms with E-state index in [4.69, 9.17) is 19.9 Å². The number of rotatable bonds is 5. The van der Waals surface area contributed by atoms with Crippen molar-refractivity contribution in [2.24, 2.45) is 0 Å². The van der Waals surface area contributed by atoms with Crippen molar-refractivity contribution in [3.05, 3.63) is 47.5 Å². The molecule has 0 aromatic heterocycles. The van der Waals surface area contributed by atoms with Crippen LogP contribution in [0.25, 0.3) is 0 Å². The molecule has 0 aliphatic rings. The molecule has 2 rings (SSSR count). The Bertz CT molecular complexity index is 628. The number of methoxy groups -OCH3 is 3. The molecule has 0 spiro atoms. The lowest BCUT2D eigenvalue weighted by molar-refractivity contribution is 0.219. The zero-order valence-electron chi connectivity index (χ0n) is 12.3. The monoisotopic (exact) mass is 289 g/mol. The minimum atomic E-state index is -0.807. The highest BCUT2D eigenvalue weighted by atomic mass is 16.5. The van der Waals surface area contributed by atoms with Crippen LogP contribution in [0, 0.1) is 0 Å². The molecule has 0 aliphatic heterocycles. The van der Waals surface area contributed by atoms with E-state index in [0.29, 0.717) is 34.1 Å². The van der Waals surface area contributed by atoms with Crippen molar-refractivity contribution >= 4 is 5.69 Å². The van der Waals surface area contributed by atoms with Gasteiger partial charge in [-0.2, -0.15) is 0 Å². The molecule has 0 saturated carbocycles. The van der Waals surface area contributed by atoms with Gasteiger partial charge in [-0.3, -0.25) is 0 Å². The Morgan fingerprint density at radius 2 is 1.33 bits per heavy atom. The normalized spacial score (nSPS) is 11.8. The molecule has 0 amide bonds. The van der Waals surface area contributed by atoms with Gasteiger partial charge in [-0.25, -0.2) is 0 Å². The fourth-order valence-electron chi connectivity index (χ4n) is 2.14. The number of anilines is 1. The molecule has 0 aliphatic carbocycles. The van der Waals surface area contributed by atoms with Crippen LogP contribution in [0.4, 0.5) is 5.69 Å². The van der Waals surface area contributed by atoms with Crippen molar-refractivity contribution in [2.45, 2.75) is 6.10 Å². The van der Waals surface area contributed by atoms with Crippen molar-refractivity contribution in [3.8, 4) is 17.2 Å². The summed E-state index contributed by atoms with van der Waals surface area (Å²) in [6.07, 6.45) is -0.807. The second-order valence-electron chi connectivity index (χ2n) is 4.52. The quantitative estimate of drug-likeness (QED) is 0.827. The maximum Gasteiger partial charge on any atom is 0.161 e. The Labute approximate surface area is 123 Å². The van der Waals surface area contributed by atoms with Gasteiger partial charge in [0.15, 0.2) is 11.5 Å². The number of aliphatic hydroxyl groups is 1. The molecule has 0 bridgehead atoms. The number of nitrogens with two attached hydrogens (primary N) is 1. The number of hydrogen-bond donors (Lipinski definition) is 2. The third kappa shape index (κ3) is 3.03. The van der Waals surface area contributed by atoms with Gasteiger partial charge in [-0.1, -0.05) is 12.1 Å². The number of aliphatic hydroxyl groups excluding tert-OH is 1. The summed E-state index contributed by atoms with van der Waals surface area (Å²) < 4.78 is 15.5. The van der Waals surface area contributed by atoms with Crippen LogP contribution < -0.4 is 19.9 Å². The van der Waals surface area contributed by atoms with Gasteiger partial charge in [0.2, 0.25) is 0 Å². The van der Waals surface area contributed by atoms with Crippen molar-refractivity contribution in [1.82, 2.24) is 0 Å². The van der Waals surface area contributed by atoms with E-state index in [1.807, 2.05) is 0 Å². The number of ether oxygens (including phenoxy) is 3. The average Bonchev–Trinajstić information content (AvgIpc) is 2.53. The van der Waals surface area contributed by atoms with E-state index in [0.717, 1.165) is 0 Å². The first kappa shape index (κ1) is 15.0. The lowest BCUT2D eigenvalue weighted by atomic mass is 10.0. The molecule has 0 saturated heterocycles. The van der Waals surface area contributed by atoms with E-state index in [1.54, 1.807) is 57.7 Å². The number of benzene rings is 2. The Morgan fingerprint density at radius 3 is 1.86 bits per heavy atom. The van der Waals surface area contributed by atoms with Crippen LogP contribution in [-0.2, 0) is 0 Å². The molecular formula is C16H19NO4. The van der Waals surface area contributed by atoms with Crippen LogP contribution in [0.15, 0.2) is 36.4 Å². The van der Waals surface area contributed by atoms with E-state index in [1.165, 1.54) is 0 Å². The lowest BCUT2D eigenvalue weighted by Crippen LogP contribution is -2.02. The minimum Gasteiger partial charge on any atom is -0.495 e. The van der Waals surface area contributed by atoms with Crippen molar-refractivity contribution in [3.63, 3.8) is 0 Å². The molecule has 112 valence electrons. The SMILES string of the molecule is COc1ccc(C(O)c2ccc(OC)c(OC)c2)cc1N. The molecule has 1 unspecified atom stereocenters. The van der Waals surface area contributed by atoms with Crippen molar-refractivity contribution in [1.29, 1.82) is 0 Å². The molecule has 3 N–H and O–H groups in total. The Kier molecular flexibility index (Phi) is 4.55. The highest BCUT2D eigenvalue weighted by molar-refractivity contribution is 5.56.